The fourth-order valence-corrected chi connectivity index (χ4v) is 4.09. The summed E-state index contributed by atoms with van der Waals surface area (Å²) in [6.07, 6.45) is 0. The van der Waals surface area contributed by atoms with Crippen LogP contribution in [0.25, 0.3) is 0 Å². The van der Waals surface area contributed by atoms with Gasteiger partial charge in [0.05, 0.1) is 26.4 Å². The molecule has 0 N–H and O–H groups in total. The van der Waals surface area contributed by atoms with Crippen LogP contribution in [0.5, 0.6) is 0 Å². The molecule has 0 aliphatic rings. The van der Waals surface area contributed by atoms with Crippen molar-refractivity contribution in [2.45, 2.75) is 52.7 Å². The maximum Gasteiger partial charge on any atom is 0.0717 e. The standard InChI is InChI=1S/C30H38O2/c1-23(2)29(27-11-7-5-8-12-27)21-31-19-25-15-17-26(18-16-25)20-32-22-30(24(3)4)28-13-9-6-10-14-28/h5-18,23-24,29-30H,19-22H2,1-4H3/t29-,30-/m0/s1. The van der Waals surface area contributed by atoms with Gasteiger partial charge < -0.3 is 9.47 Å². The third-order valence-corrected chi connectivity index (χ3v) is 6.22. The molecule has 3 aromatic carbocycles. The van der Waals surface area contributed by atoms with E-state index in [0.717, 1.165) is 13.2 Å². The van der Waals surface area contributed by atoms with E-state index in [1.807, 2.05) is 0 Å². The molecule has 32 heavy (non-hydrogen) atoms. The van der Waals surface area contributed by atoms with Gasteiger partial charge in [0, 0.05) is 11.8 Å². The summed E-state index contributed by atoms with van der Waals surface area (Å²) in [4.78, 5) is 0. The van der Waals surface area contributed by atoms with Crippen LogP contribution in [-0.2, 0) is 22.7 Å². The normalized spacial score (nSPS) is 13.4. The lowest BCUT2D eigenvalue weighted by atomic mass is 9.89. The summed E-state index contributed by atoms with van der Waals surface area (Å²) in [5.74, 6) is 1.93. The van der Waals surface area contributed by atoms with Gasteiger partial charge in [0.25, 0.3) is 0 Å². The number of benzene rings is 3. The predicted molar refractivity (Wildman–Crippen MR) is 134 cm³/mol. The predicted octanol–water partition coefficient (Wildman–Crippen LogP) is 7.60. The molecule has 0 saturated heterocycles. The summed E-state index contributed by atoms with van der Waals surface area (Å²) in [7, 11) is 0. The second-order valence-corrected chi connectivity index (χ2v) is 9.37. The van der Waals surface area contributed by atoms with Crippen molar-refractivity contribution in [1.82, 2.24) is 0 Å². The van der Waals surface area contributed by atoms with Crippen LogP contribution in [0.3, 0.4) is 0 Å². The molecule has 0 bridgehead atoms. The summed E-state index contributed by atoms with van der Waals surface area (Å²) in [6.45, 7) is 11.8. The topological polar surface area (TPSA) is 18.5 Å². The number of hydrogen-bond acceptors (Lipinski definition) is 2. The fraction of sp³-hybridized carbons (Fsp3) is 0.400. The maximum atomic E-state index is 6.09. The van der Waals surface area contributed by atoms with Gasteiger partial charge in [-0.15, -0.1) is 0 Å². The molecule has 2 nitrogen and oxygen atoms in total. The van der Waals surface area contributed by atoms with E-state index >= 15 is 0 Å². The third-order valence-electron chi connectivity index (χ3n) is 6.22. The molecular formula is C30H38O2. The van der Waals surface area contributed by atoms with Crippen molar-refractivity contribution in [3.05, 3.63) is 107 Å². The number of ether oxygens (including phenoxy) is 2. The Morgan fingerprint density at radius 2 is 0.844 bits per heavy atom. The molecule has 170 valence electrons. The molecule has 0 unspecified atom stereocenters. The summed E-state index contributed by atoms with van der Waals surface area (Å²) in [5, 5.41) is 0. The molecule has 2 heteroatoms. The summed E-state index contributed by atoms with van der Waals surface area (Å²) in [5.41, 5.74) is 5.11. The highest BCUT2D eigenvalue weighted by atomic mass is 16.5. The van der Waals surface area contributed by atoms with Crippen molar-refractivity contribution in [2.24, 2.45) is 11.8 Å². The van der Waals surface area contributed by atoms with Gasteiger partial charge in [-0.25, -0.2) is 0 Å². The van der Waals surface area contributed by atoms with E-state index in [9.17, 15) is 0 Å². The summed E-state index contributed by atoms with van der Waals surface area (Å²) >= 11 is 0. The Hall–Kier alpha value is -2.42. The fourth-order valence-electron chi connectivity index (χ4n) is 4.09. The highest BCUT2D eigenvalue weighted by molar-refractivity contribution is 5.23. The van der Waals surface area contributed by atoms with Crippen LogP contribution >= 0.6 is 0 Å². The highest BCUT2D eigenvalue weighted by Crippen LogP contribution is 2.26. The zero-order valence-electron chi connectivity index (χ0n) is 20.0. The summed E-state index contributed by atoms with van der Waals surface area (Å²) in [6, 6.07) is 30.0. The largest absolute Gasteiger partial charge is 0.376 e. The average Bonchev–Trinajstić information content (AvgIpc) is 2.81. The number of rotatable bonds is 12. The molecule has 0 fully saturated rings. The maximum absolute atomic E-state index is 6.09. The van der Waals surface area contributed by atoms with E-state index in [1.165, 1.54) is 22.3 Å². The van der Waals surface area contributed by atoms with Crippen LogP contribution in [0.15, 0.2) is 84.9 Å². The van der Waals surface area contributed by atoms with E-state index in [4.69, 9.17) is 9.47 Å². The molecule has 3 rings (SSSR count). The van der Waals surface area contributed by atoms with E-state index in [0.29, 0.717) is 36.9 Å². The monoisotopic (exact) mass is 430 g/mol. The minimum Gasteiger partial charge on any atom is -0.376 e. The van der Waals surface area contributed by atoms with Crippen molar-refractivity contribution in [3.63, 3.8) is 0 Å². The molecular weight excluding hydrogens is 392 g/mol. The molecule has 0 aliphatic carbocycles. The lowest BCUT2D eigenvalue weighted by molar-refractivity contribution is 0.0940. The van der Waals surface area contributed by atoms with Crippen molar-refractivity contribution in [2.75, 3.05) is 13.2 Å². The van der Waals surface area contributed by atoms with Gasteiger partial charge in [0.2, 0.25) is 0 Å². The van der Waals surface area contributed by atoms with Gasteiger partial charge in [-0.05, 0) is 34.1 Å². The summed E-state index contributed by atoms with van der Waals surface area (Å²) < 4.78 is 12.2. The van der Waals surface area contributed by atoms with Crippen LogP contribution in [0.4, 0.5) is 0 Å². The lowest BCUT2D eigenvalue weighted by Crippen LogP contribution is -2.14. The minimum atomic E-state index is 0.419. The van der Waals surface area contributed by atoms with Gasteiger partial charge in [-0.2, -0.15) is 0 Å². The van der Waals surface area contributed by atoms with Gasteiger partial charge in [0.15, 0.2) is 0 Å². The Kier molecular flexibility index (Phi) is 9.52. The van der Waals surface area contributed by atoms with Gasteiger partial charge in [-0.1, -0.05) is 113 Å². The van der Waals surface area contributed by atoms with E-state index < -0.39 is 0 Å². The van der Waals surface area contributed by atoms with E-state index in [1.54, 1.807) is 0 Å². The third kappa shape index (κ3) is 7.32. The minimum absolute atomic E-state index is 0.419. The molecule has 0 spiro atoms. The highest BCUT2D eigenvalue weighted by Gasteiger charge is 2.17. The SMILES string of the molecule is CC(C)[C@H](COCc1ccc(COC[C@H](c2ccccc2)C(C)C)cc1)c1ccccc1. The molecule has 3 aromatic rings. The first-order valence-corrected chi connectivity index (χ1v) is 11.9. The Morgan fingerprint density at radius 3 is 1.16 bits per heavy atom. The first kappa shape index (κ1) is 24.2. The van der Waals surface area contributed by atoms with Crippen LogP contribution in [0, 0.1) is 11.8 Å². The second kappa shape index (κ2) is 12.6. The van der Waals surface area contributed by atoms with Crippen molar-refractivity contribution in [1.29, 1.82) is 0 Å². The molecule has 0 saturated carbocycles. The Bertz CT molecular complexity index is 809. The van der Waals surface area contributed by atoms with E-state index in [2.05, 4.69) is 113 Å². The van der Waals surface area contributed by atoms with Crippen LogP contribution in [0.1, 0.15) is 61.8 Å². The molecule has 0 amide bonds. The van der Waals surface area contributed by atoms with Gasteiger partial charge in [0.1, 0.15) is 0 Å². The zero-order chi connectivity index (χ0) is 22.8. The van der Waals surface area contributed by atoms with Crippen molar-refractivity contribution >= 4 is 0 Å². The molecule has 0 heterocycles. The van der Waals surface area contributed by atoms with Crippen LogP contribution in [-0.4, -0.2) is 13.2 Å². The average molecular weight is 431 g/mol. The first-order valence-electron chi connectivity index (χ1n) is 11.9. The van der Waals surface area contributed by atoms with Gasteiger partial charge >= 0.3 is 0 Å². The quantitative estimate of drug-likeness (QED) is 0.294. The lowest BCUT2D eigenvalue weighted by Gasteiger charge is -2.22. The molecule has 2 atom stereocenters. The zero-order valence-corrected chi connectivity index (χ0v) is 20.0. The van der Waals surface area contributed by atoms with E-state index in [-0.39, 0.29) is 0 Å². The van der Waals surface area contributed by atoms with Gasteiger partial charge in [-0.3, -0.25) is 0 Å². The molecule has 0 aromatic heterocycles. The number of hydrogen-bond donors (Lipinski definition) is 0. The van der Waals surface area contributed by atoms with Crippen LogP contribution < -0.4 is 0 Å². The smallest absolute Gasteiger partial charge is 0.0717 e. The Labute approximate surface area is 194 Å². The second-order valence-electron chi connectivity index (χ2n) is 9.37. The Morgan fingerprint density at radius 1 is 0.500 bits per heavy atom. The Balaban J connectivity index is 1.45. The first-order chi connectivity index (χ1) is 15.5. The van der Waals surface area contributed by atoms with Crippen molar-refractivity contribution < 1.29 is 9.47 Å². The van der Waals surface area contributed by atoms with Crippen LogP contribution in [0.2, 0.25) is 0 Å². The molecule has 0 radical (unpaired) electrons. The van der Waals surface area contributed by atoms with Crippen molar-refractivity contribution in [3.8, 4) is 0 Å². The molecule has 0 aliphatic heterocycles.